The maximum absolute atomic E-state index is 12.7. The third-order valence-electron chi connectivity index (χ3n) is 4.85. The number of carboxylic acid groups (broad SMARTS) is 1. The van der Waals surface area contributed by atoms with E-state index in [-0.39, 0.29) is 12.5 Å². The predicted octanol–water partition coefficient (Wildman–Crippen LogP) is 3.32. The molecule has 1 unspecified atom stereocenters. The summed E-state index contributed by atoms with van der Waals surface area (Å²) in [6, 6.07) is 15.3. The van der Waals surface area contributed by atoms with E-state index >= 15 is 0 Å². The van der Waals surface area contributed by atoms with E-state index in [1.807, 2.05) is 48.7 Å². The number of aliphatic carboxylic acids is 1. The Balaban J connectivity index is 1.53. The molecule has 3 aromatic rings. The fourth-order valence-corrected chi connectivity index (χ4v) is 3.57. The molecule has 1 aromatic heterocycles. The minimum absolute atomic E-state index is 0.0403. The number of hydrogen-bond donors (Lipinski definition) is 2. The second kappa shape index (κ2) is 6.09. The fourth-order valence-electron chi connectivity index (χ4n) is 3.57. The number of anilines is 1. The third kappa shape index (κ3) is 2.67. The highest BCUT2D eigenvalue weighted by Gasteiger charge is 2.35. The standard InChI is InChI=1S/C20H18N2O3/c23-19(10-9-13-11-21-17-7-3-1-5-14(13)17)22-12-16(20(24)25)15-6-2-4-8-18(15)22/h1-8,11,16,21H,9-10,12H2,(H,24,25). The van der Waals surface area contributed by atoms with Gasteiger partial charge in [-0.05, 0) is 29.7 Å². The summed E-state index contributed by atoms with van der Waals surface area (Å²) in [7, 11) is 0. The van der Waals surface area contributed by atoms with Crippen molar-refractivity contribution in [2.75, 3.05) is 11.4 Å². The number of amides is 1. The first kappa shape index (κ1) is 15.4. The largest absolute Gasteiger partial charge is 0.481 e. The fraction of sp³-hybridized carbons (Fsp3) is 0.200. The second-order valence-electron chi connectivity index (χ2n) is 6.31. The van der Waals surface area contributed by atoms with Crippen LogP contribution in [-0.4, -0.2) is 28.5 Å². The number of para-hydroxylation sites is 2. The van der Waals surface area contributed by atoms with Crippen LogP contribution < -0.4 is 4.90 Å². The molecule has 2 N–H and O–H groups in total. The Hall–Kier alpha value is -3.08. The number of H-pyrrole nitrogens is 1. The monoisotopic (exact) mass is 334 g/mol. The molecule has 126 valence electrons. The molecule has 0 saturated heterocycles. The van der Waals surface area contributed by atoms with E-state index in [0.717, 1.165) is 27.7 Å². The van der Waals surface area contributed by atoms with Crippen molar-refractivity contribution in [3.63, 3.8) is 0 Å². The van der Waals surface area contributed by atoms with Crippen molar-refractivity contribution in [2.45, 2.75) is 18.8 Å². The Labute approximate surface area is 144 Å². The van der Waals surface area contributed by atoms with E-state index < -0.39 is 11.9 Å². The van der Waals surface area contributed by atoms with Crippen LogP contribution in [0, 0.1) is 0 Å². The molecule has 0 bridgehead atoms. The lowest BCUT2D eigenvalue weighted by atomic mass is 10.0. The van der Waals surface area contributed by atoms with Gasteiger partial charge in [0.05, 0.1) is 0 Å². The molecule has 4 rings (SSSR count). The van der Waals surface area contributed by atoms with Gasteiger partial charge in [0.2, 0.25) is 5.91 Å². The molecule has 1 aliphatic rings. The number of nitrogens with zero attached hydrogens (tertiary/aromatic N) is 1. The Morgan fingerprint density at radius 3 is 2.72 bits per heavy atom. The van der Waals surface area contributed by atoms with Crippen molar-refractivity contribution in [3.05, 3.63) is 65.9 Å². The van der Waals surface area contributed by atoms with Gasteiger partial charge in [0.1, 0.15) is 5.92 Å². The van der Waals surface area contributed by atoms with Crippen molar-refractivity contribution in [3.8, 4) is 0 Å². The molecule has 2 heterocycles. The number of hydrogen-bond acceptors (Lipinski definition) is 2. The number of aromatic nitrogens is 1. The molecule has 0 fully saturated rings. The zero-order chi connectivity index (χ0) is 17.4. The molecule has 0 radical (unpaired) electrons. The van der Waals surface area contributed by atoms with E-state index in [0.29, 0.717) is 12.8 Å². The van der Waals surface area contributed by atoms with Crippen LogP contribution in [0.25, 0.3) is 10.9 Å². The van der Waals surface area contributed by atoms with E-state index in [9.17, 15) is 14.7 Å². The van der Waals surface area contributed by atoms with Gasteiger partial charge < -0.3 is 15.0 Å². The van der Waals surface area contributed by atoms with E-state index in [2.05, 4.69) is 4.98 Å². The zero-order valence-electron chi connectivity index (χ0n) is 13.6. The topological polar surface area (TPSA) is 73.4 Å². The summed E-state index contributed by atoms with van der Waals surface area (Å²) in [6.45, 7) is 0.210. The molecule has 0 aliphatic carbocycles. The van der Waals surface area contributed by atoms with Crippen molar-refractivity contribution in [1.82, 2.24) is 4.98 Å². The van der Waals surface area contributed by atoms with Crippen molar-refractivity contribution >= 4 is 28.5 Å². The van der Waals surface area contributed by atoms with Crippen LogP contribution in [0.5, 0.6) is 0 Å². The van der Waals surface area contributed by atoms with Crippen LogP contribution in [0.4, 0.5) is 5.69 Å². The summed E-state index contributed by atoms with van der Waals surface area (Å²) in [5.41, 5.74) is 3.60. The number of benzene rings is 2. The van der Waals surface area contributed by atoms with Crippen molar-refractivity contribution in [2.24, 2.45) is 0 Å². The van der Waals surface area contributed by atoms with Gasteiger partial charge in [-0.25, -0.2) is 0 Å². The summed E-state index contributed by atoms with van der Waals surface area (Å²) >= 11 is 0. The van der Waals surface area contributed by atoms with Crippen LogP contribution in [0.1, 0.15) is 23.5 Å². The quantitative estimate of drug-likeness (QED) is 0.769. The summed E-state index contributed by atoms with van der Waals surface area (Å²) < 4.78 is 0. The molecule has 25 heavy (non-hydrogen) atoms. The number of carbonyl (C=O) groups is 2. The maximum Gasteiger partial charge on any atom is 0.312 e. The highest BCUT2D eigenvalue weighted by Crippen LogP contribution is 2.36. The van der Waals surface area contributed by atoms with Gasteiger partial charge in [-0.1, -0.05) is 36.4 Å². The van der Waals surface area contributed by atoms with Gasteiger partial charge in [0.25, 0.3) is 0 Å². The molecular weight excluding hydrogens is 316 g/mol. The Morgan fingerprint density at radius 2 is 1.88 bits per heavy atom. The Bertz CT molecular complexity index is 960. The third-order valence-corrected chi connectivity index (χ3v) is 4.85. The number of fused-ring (bicyclic) bond motifs is 2. The molecule has 0 spiro atoms. The summed E-state index contributed by atoms with van der Waals surface area (Å²) in [5, 5.41) is 10.5. The predicted molar refractivity (Wildman–Crippen MR) is 95.8 cm³/mol. The lowest BCUT2D eigenvalue weighted by Crippen LogP contribution is -2.31. The molecule has 1 amide bonds. The highest BCUT2D eigenvalue weighted by molar-refractivity contribution is 5.99. The van der Waals surface area contributed by atoms with Gasteiger partial charge in [-0.15, -0.1) is 0 Å². The number of aromatic amines is 1. The van der Waals surface area contributed by atoms with E-state index in [4.69, 9.17) is 0 Å². The zero-order valence-corrected chi connectivity index (χ0v) is 13.6. The molecule has 5 heteroatoms. The molecular formula is C20H18N2O3. The van der Waals surface area contributed by atoms with Gasteiger partial charge in [0.15, 0.2) is 0 Å². The number of nitrogens with one attached hydrogen (secondary N) is 1. The normalized spacial score (nSPS) is 16.2. The molecule has 0 saturated carbocycles. The first-order valence-electron chi connectivity index (χ1n) is 8.32. The van der Waals surface area contributed by atoms with Crippen LogP contribution in [0.3, 0.4) is 0 Å². The van der Waals surface area contributed by atoms with Gasteiger partial charge in [-0.3, -0.25) is 9.59 Å². The average molecular weight is 334 g/mol. The highest BCUT2D eigenvalue weighted by atomic mass is 16.4. The molecule has 1 atom stereocenters. The Morgan fingerprint density at radius 1 is 1.12 bits per heavy atom. The summed E-state index contributed by atoms with van der Waals surface area (Å²) in [4.78, 5) is 29.0. The first-order chi connectivity index (χ1) is 12.1. The number of carboxylic acids is 1. The smallest absolute Gasteiger partial charge is 0.312 e. The van der Waals surface area contributed by atoms with Crippen LogP contribution >= 0.6 is 0 Å². The molecule has 2 aromatic carbocycles. The lowest BCUT2D eigenvalue weighted by Gasteiger charge is -2.17. The van der Waals surface area contributed by atoms with Crippen molar-refractivity contribution < 1.29 is 14.7 Å². The minimum Gasteiger partial charge on any atom is -0.481 e. The van der Waals surface area contributed by atoms with Gasteiger partial charge >= 0.3 is 5.97 Å². The van der Waals surface area contributed by atoms with Gasteiger partial charge in [0, 0.05) is 35.8 Å². The van der Waals surface area contributed by atoms with Crippen molar-refractivity contribution in [1.29, 1.82) is 0 Å². The van der Waals surface area contributed by atoms with E-state index in [1.54, 1.807) is 11.0 Å². The Kier molecular flexibility index (Phi) is 3.76. The molecule has 1 aliphatic heterocycles. The SMILES string of the molecule is O=C(O)C1CN(C(=O)CCc2c[nH]c3ccccc23)c2ccccc21. The number of rotatable bonds is 4. The first-order valence-corrected chi connectivity index (χ1v) is 8.32. The minimum atomic E-state index is -0.889. The lowest BCUT2D eigenvalue weighted by molar-refractivity contribution is -0.138. The van der Waals surface area contributed by atoms with Crippen LogP contribution in [-0.2, 0) is 16.0 Å². The average Bonchev–Trinajstić information content (AvgIpc) is 3.21. The number of carbonyl (C=O) groups excluding carboxylic acids is 1. The summed E-state index contributed by atoms with van der Waals surface area (Å²) in [6.07, 6.45) is 2.91. The van der Waals surface area contributed by atoms with Gasteiger partial charge in [-0.2, -0.15) is 0 Å². The van der Waals surface area contributed by atoms with Crippen LogP contribution in [0.15, 0.2) is 54.7 Å². The maximum atomic E-state index is 12.7. The molecule has 5 nitrogen and oxygen atoms in total. The number of aryl methyl sites for hydroxylation is 1. The summed E-state index contributed by atoms with van der Waals surface area (Å²) in [5.74, 6) is -1.57. The van der Waals surface area contributed by atoms with Crippen LogP contribution in [0.2, 0.25) is 0 Å². The second-order valence-corrected chi connectivity index (χ2v) is 6.31. The van der Waals surface area contributed by atoms with E-state index in [1.165, 1.54) is 0 Å².